The first-order valence-electron chi connectivity index (χ1n) is 4.76. The maximum atomic E-state index is 10.7. The highest BCUT2D eigenvalue weighted by molar-refractivity contribution is 9.10. The van der Waals surface area contributed by atoms with Crippen molar-refractivity contribution >= 4 is 22.2 Å². The lowest BCUT2D eigenvalue weighted by atomic mass is 10.0. The van der Waals surface area contributed by atoms with Crippen LogP contribution in [-0.2, 0) is 4.79 Å². The molecule has 0 aliphatic carbocycles. The number of rotatable bonds is 2. The monoisotopic (exact) mass is 270 g/mol. The minimum absolute atomic E-state index is 0.128. The zero-order valence-electron chi connectivity index (χ0n) is 8.33. The van der Waals surface area contributed by atoms with Gasteiger partial charge in [0.1, 0.15) is 19.5 Å². The van der Waals surface area contributed by atoms with Crippen LogP contribution in [0.15, 0.2) is 16.6 Å². The normalized spacial score (nSPS) is 15.9. The highest BCUT2D eigenvalue weighted by atomic mass is 79.9. The van der Waals surface area contributed by atoms with Crippen molar-refractivity contribution in [3.05, 3.63) is 22.2 Å². The number of hydrogen-bond acceptors (Lipinski definition) is 3. The zero-order valence-corrected chi connectivity index (χ0v) is 9.91. The Labute approximate surface area is 96.5 Å². The first kappa shape index (κ1) is 10.5. The lowest BCUT2D eigenvalue weighted by Crippen LogP contribution is -2.16. The van der Waals surface area contributed by atoms with Gasteiger partial charge in [0, 0.05) is 5.92 Å². The van der Waals surface area contributed by atoms with E-state index >= 15 is 0 Å². The standard InChI is InChI=1S/C11H11BrO3/c1-7(6-13)8-4-9(12)11-10(5-8)14-2-3-15-11/h4-7H,2-3H2,1H3. The van der Waals surface area contributed by atoms with E-state index in [1.165, 1.54) is 0 Å². The molecule has 0 aromatic heterocycles. The fourth-order valence-electron chi connectivity index (χ4n) is 1.47. The third kappa shape index (κ3) is 2.00. The summed E-state index contributed by atoms with van der Waals surface area (Å²) in [7, 11) is 0. The summed E-state index contributed by atoms with van der Waals surface area (Å²) in [5, 5.41) is 0. The molecule has 0 N–H and O–H groups in total. The van der Waals surface area contributed by atoms with Gasteiger partial charge in [0.15, 0.2) is 11.5 Å². The summed E-state index contributed by atoms with van der Waals surface area (Å²) in [6, 6.07) is 3.75. The quantitative estimate of drug-likeness (QED) is 0.775. The van der Waals surface area contributed by atoms with Crippen molar-refractivity contribution in [2.75, 3.05) is 13.2 Å². The van der Waals surface area contributed by atoms with Gasteiger partial charge in [-0.25, -0.2) is 0 Å². The van der Waals surface area contributed by atoms with Crippen molar-refractivity contribution in [1.82, 2.24) is 0 Å². The van der Waals surface area contributed by atoms with Crippen molar-refractivity contribution in [2.45, 2.75) is 12.8 Å². The van der Waals surface area contributed by atoms with E-state index in [1.807, 2.05) is 19.1 Å². The molecule has 0 radical (unpaired) electrons. The molecule has 0 amide bonds. The van der Waals surface area contributed by atoms with Crippen molar-refractivity contribution in [2.24, 2.45) is 0 Å². The second-order valence-corrected chi connectivity index (χ2v) is 4.31. The molecule has 15 heavy (non-hydrogen) atoms. The molecule has 1 aromatic rings. The molecule has 0 fully saturated rings. The minimum atomic E-state index is -0.128. The van der Waals surface area contributed by atoms with Crippen LogP contribution in [0.25, 0.3) is 0 Å². The Morgan fingerprint density at radius 3 is 2.87 bits per heavy atom. The first-order valence-corrected chi connectivity index (χ1v) is 5.56. The number of hydrogen-bond donors (Lipinski definition) is 0. The molecule has 0 saturated carbocycles. The van der Waals surface area contributed by atoms with E-state index in [1.54, 1.807) is 0 Å². The van der Waals surface area contributed by atoms with Crippen LogP contribution in [0.2, 0.25) is 0 Å². The summed E-state index contributed by atoms with van der Waals surface area (Å²) in [6.07, 6.45) is 0.915. The molecule has 2 rings (SSSR count). The molecular weight excluding hydrogens is 260 g/mol. The van der Waals surface area contributed by atoms with Crippen LogP contribution in [0.3, 0.4) is 0 Å². The predicted molar refractivity (Wildman–Crippen MR) is 59.6 cm³/mol. The van der Waals surface area contributed by atoms with E-state index in [0.29, 0.717) is 19.0 Å². The summed E-state index contributed by atoms with van der Waals surface area (Å²) in [5.74, 6) is 1.31. The minimum Gasteiger partial charge on any atom is -0.486 e. The Morgan fingerprint density at radius 2 is 2.13 bits per heavy atom. The number of carbonyl (C=O) groups is 1. The van der Waals surface area contributed by atoms with Gasteiger partial charge in [-0.15, -0.1) is 0 Å². The van der Waals surface area contributed by atoms with Crippen LogP contribution in [-0.4, -0.2) is 19.5 Å². The molecule has 0 bridgehead atoms. The SMILES string of the molecule is CC(C=O)c1cc(Br)c2c(c1)OCCO2. The van der Waals surface area contributed by atoms with Gasteiger partial charge in [0.2, 0.25) is 0 Å². The van der Waals surface area contributed by atoms with Crippen LogP contribution in [0.5, 0.6) is 11.5 Å². The Balaban J connectivity index is 2.44. The average Bonchev–Trinajstić information content (AvgIpc) is 2.28. The molecule has 1 heterocycles. The molecular formula is C11H11BrO3. The maximum Gasteiger partial charge on any atom is 0.175 e. The largest absolute Gasteiger partial charge is 0.486 e. The fraction of sp³-hybridized carbons (Fsp3) is 0.364. The summed E-state index contributed by atoms with van der Waals surface area (Å²) in [4.78, 5) is 10.7. The van der Waals surface area contributed by atoms with E-state index in [4.69, 9.17) is 9.47 Å². The lowest BCUT2D eigenvalue weighted by molar-refractivity contribution is -0.108. The van der Waals surface area contributed by atoms with Crippen LogP contribution >= 0.6 is 15.9 Å². The highest BCUT2D eigenvalue weighted by Gasteiger charge is 2.17. The average molecular weight is 271 g/mol. The number of ether oxygens (including phenoxy) is 2. The van der Waals surface area contributed by atoms with Crippen LogP contribution in [0, 0.1) is 0 Å². The molecule has 1 aliphatic heterocycles. The molecule has 3 nitrogen and oxygen atoms in total. The Bertz CT molecular complexity index is 390. The third-order valence-corrected chi connectivity index (χ3v) is 2.94. The fourth-order valence-corrected chi connectivity index (χ4v) is 2.05. The van der Waals surface area contributed by atoms with Gasteiger partial charge in [0.25, 0.3) is 0 Å². The molecule has 0 saturated heterocycles. The van der Waals surface area contributed by atoms with Gasteiger partial charge in [-0.3, -0.25) is 0 Å². The van der Waals surface area contributed by atoms with Gasteiger partial charge < -0.3 is 14.3 Å². The summed E-state index contributed by atoms with van der Waals surface area (Å²) >= 11 is 3.41. The van der Waals surface area contributed by atoms with Gasteiger partial charge in [-0.1, -0.05) is 6.92 Å². The van der Waals surface area contributed by atoms with Gasteiger partial charge in [-0.05, 0) is 33.6 Å². The third-order valence-electron chi connectivity index (χ3n) is 2.35. The first-order chi connectivity index (χ1) is 7.22. The molecule has 80 valence electrons. The smallest absolute Gasteiger partial charge is 0.175 e. The van der Waals surface area contributed by atoms with Crippen LogP contribution in [0.4, 0.5) is 0 Å². The predicted octanol–water partition coefficient (Wildman–Crippen LogP) is 2.52. The van der Waals surface area contributed by atoms with Gasteiger partial charge in [-0.2, -0.15) is 0 Å². The molecule has 1 unspecified atom stereocenters. The lowest BCUT2D eigenvalue weighted by Gasteiger charge is -2.21. The van der Waals surface area contributed by atoms with E-state index < -0.39 is 0 Å². The molecule has 4 heteroatoms. The molecule has 0 spiro atoms. The topological polar surface area (TPSA) is 35.5 Å². The molecule has 1 atom stereocenters. The summed E-state index contributed by atoms with van der Waals surface area (Å²) in [6.45, 7) is 2.97. The summed E-state index contributed by atoms with van der Waals surface area (Å²) in [5.41, 5.74) is 0.932. The van der Waals surface area contributed by atoms with Crippen molar-refractivity contribution < 1.29 is 14.3 Å². The van der Waals surface area contributed by atoms with E-state index in [0.717, 1.165) is 22.1 Å². The van der Waals surface area contributed by atoms with Crippen molar-refractivity contribution in [1.29, 1.82) is 0 Å². The van der Waals surface area contributed by atoms with Crippen LogP contribution < -0.4 is 9.47 Å². The van der Waals surface area contributed by atoms with Crippen molar-refractivity contribution in [3.63, 3.8) is 0 Å². The summed E-state index contributed by atoms with van der Waals surface area (Å²) < 4.78 is 11.8. The number of fused-ring (bicyclic) bond motifs is 1. The second kappa shape index (κ2) is 4.23. The Hall–Kier alpha value is -1.03. The van der Waals surface area contributed by atoms with Gasteiger partial charge in [0.05, 0.1) is 4.47 Å². The number of halogens is 1. The van der Waals surface area contributed by atoms with Crippen molar-refractivity contribution in [3.8, 4) is 11.5 Å². The number of aldehydes is 1. The Morgan fingerprint density at radius 1 is 1.40 bits per heavy atom. The van der Waals surface area contributed by atoms with E-state index in [-0.39, 0.29) is 5.92 Å². The van der Waals surface area contributed by atoms with E-state index in [2.05, 4.69) is 15.9 Å². The number of benzene rings is 1. The van der Waals surface area contributed by atoms with Crippen LogP contribution in [0.1, 0.15) is 18.4 Å². The molecule has 1 aliphatic rings. The number of carbonyl (C=O) groups excluding carboxylic acids is 1. The second-order valence-electron chi connectivity index (χ2n) is 3.45. The van der Waals surface area contributed by atoms with Gasteiger partial charge >= 0.3 is 0 Å². The zero-order chi connectivity index (χ0) is 10.8. The highest BCUT2D eigenvalue weighted by Crippen LogP contribution is 2.39. The molecule has 1 aromatic carbocycles. The van der Waals surface area contributed by atoms with E-state index in [9.17, 15) is 4.79 Å². The maximum absolute atomic E-state index is 10.7. The Kier molecular flexibility index (Phi) is 2.95.